The van der Waals surface area contributed by atoms with Crippen molar-refractivity contribution in [3.05, 3.63) is 12.2 Å². The first-order valence-electron chi connectivity index (χ1n) is 11.0. The van der Waals surface area contributed by atoms with Crippen LogP contribution in [0.2, 0.25) is 0 Å². The average Bonchev–Trinajstić information content (AvgIpc) is 2.65. The SMILES string of the molecule is CCOCCN1C[C@H](C)/C=C\CCCN[C@@]1(C)[C@H](C)CCN(C)CCCO. The molecule has 0 saturated heterocycles. The van der Waals surface area contributed by atoms with Gasteiger partial charge in [0.25, 0.3) is 0 Å². The van der Waals surface area contributed by atoms with Crippen LogP contribution >= 0.6 is 0 Å². The summed E-state index contributed by atoms with van der Waals surface area (Å²) in [6.07, 6.45) is 9.05. The van der Waals surface area contributed by atoms with Gasteiger partial charge in [0.05, 0.1) is 12.3 Å². The van der Waals surface area contributed by atoms with Crippen LogP contribution in [0, 0.1) is 11.8 Å². The van der Waals surface area contributed by atoms with E-state index in [1.54, 1.807) is 0 Å². The molecule has 0 aromatic carbocycles. The number of rotatable bonds is 11. The van der Waals surface area contributed by atoms with E-state index in [4.69, 9.17) is 9.84 Å². The van der Waals surface area contributed by atoms with E-state index in [0.717, 1.165) is 65.2 Å². The maximum Gasteiger partial charge on any atom is 0.0711 e. The van der Waals surface area contributed by atoms with Gasteiger partial charge < -0.3 is 14.7 Å². The second-order valence-corrected chi connectivity index (χ2v) is 8.34. The summed E-state index contributed by atoms with van der Waals surface area (Å²) in [5, 5.41) is 13.0. The molecule has 0 unspecified atom stereocenters. The number of ether oxygens (including phenoxy) is 1. The van der Waals surface area contributed by atoms with Crippen molar-refractivity contribution in [3.8, 4) is 0 Å². The van der Waals surface area contributed by atoms with Crippen molar-refractivity contribution < 1.29 is 9.84 Å². The maximum atomic E-state index is 9.05. The zero-order valence-corrected chi connectivity index (χ0v) is 18.5. The largest absolute Gasteiger partial charge is 0.396 e. The Hall–Kier alpha value is -0.460. The predicted molar refractivity (Wildman–Crippen MR) is 115 cm³/mol. The van der Waals surface area contributed by atoms with Crippen molar-refractivity contribution in [2.24, 2.45) is 11.8 Å². The van der Waals surface area contributed by atoms with Crippen LogP contribution in [-0.4, -0.2) is 80.2 Å². The normalized spacial score (nSPS) is 27.6. The van der Waals surface area contributed by atoms with Gasteiger partial charge in [0.1, 0.15) is 0 Å². The van der Waals surface area contributed by atoms with Crippen molar-refractivity contribution in [1.29, 1.82) is 0 Å². The van der Waals surface area contributed by atoms with Crippen LogP contribution in [0.15, 0.2) is 12.2 Å². The number of nitrogens with zero attached hydrogens (tertiary/aromatic N) is 2. The molecule has 0 aliphatic carbocycles. The van der Waals surface area contributed by atoms with Crippen molar-refractivity contribution >= 4 is 0 Å². The van der Waals surface area contributed by atoms with Gasteiger partial charge in [-0.3, -0.25) is 10.2 Å². The van der Waals surface area contributed by atoms with Crippen LogP contribution in [0.3, 0.4) is 0 Å². The van der Waals surface area contributed by atoms with Gasteiger partial charge in [-0.1, -0.05) is 26.0 Å². The summed E-state index contributed by atoms with van der Waals surface area (Å²) in [4.78, 5) is 4.95. The molecular weight excluding hydrogens is 338 g/mol. The maximum absolute atomic E-state index is 9.05. The standard InChI is InChI=1S/C22H45N3O2/c1-6-27-18-16-25-19-20(2)11-8-7-9-13-23-22(25,4)21(3)12-15-24(5)14-10-17-26/h8,11,20-21,23,26H,6-7,9-10,12-19H2,1-5H3/b11-8-/t20-,21-,22-/m1/s1. The number of nitrogens with one attached hydrogen (secondary N) is 1. The lowest BCUT2D eigenvalue weighted by Gasteiger charge is -2.48. The van der Waals surface area contributed by atoms with Crippen molar-refractivity contribution in [2.45, 2.75) is 59.0 Å². The fourth-order valence-corrected chi connectivity index (χ4v) is 3.88. The van der Waals surface area contributed by atoms with E-state index in [0.29, 0.717) is 11.8 Å². The summed E-state index contributed by atoms with van der Waals surface area (Å²) >= 11 is 0. The Balaban J connectivity index is 2.83. The highest BCUT2D eigenvalue weighted by molar-refractivity contribution is 4.95. The molecule has 0 amide bonds. The zero-order chi connectivity index (χ0) is 20.1. The van der Waals surface area contributed by atoms with Crippen LogP contribution in [0.5, 0.6) is 0 Å². The molecule has 1 rings (SSSR count). The second-order valence-electron chi connectivity index (χ2n) is 8.34. The van der Waals surface area contributed by atoms with Gasteiger partial charge in [-0.2, -0.15) is 0 Å². The molecule has 160 valence electrons. The molecule has 2 N–H and O–H groups in total. The van der Waals surface area contributed by atoms with Crippen LogP contribution in [0.25, 0.3) is 0 Å². The molecule has 0 fully saturated rings. The van der Waals surface area contributed by atoms with Gasteiger partial charge in [0.2, 0.25) is 0 Å². The molecule has 0 aromatic heterocycles. The molecule has 1 aliphatic rings. The number of hydrogen-bond acceptors (Lipinski definition) is 5. The number of hydrogen-bond donors (Lipinski definition) is 2. The van der Waals surface area contributed by atoms with Gasteiger partial charge in [0.15, 0.2) is 0 Å². The molecule has 0 bridgehead atoms. The molecule has 1 heterocycles. The quantitative estimate of drug-likeness (QED) is 0.424. The molecule has 0 aromatic rings. The van der Waals surface area contributed by atoms with Gasteiger partial charge in [-0.05, 0) is 71.5 Å². The van der Waals surface area contributed by atoms with Crippen molar-refractivity contribution in [1.82, 2.24) is 15.1 Å². The lowest BCUT2D eigenvalue weighted by atomic mass is 9.89. The van der Waals surface area contributed by atoms with E-state index >= 15 is 0 Å². The van der Waals surface area contributed by atoms with Crippen LogP contribution < -0.4 is 5.32 Å². The minimum absolute atomic E-state index is 0.0334. The summed E-state index contributed by atoms with van der Waals surface area (Å²) < 4.78 is 5.70. The molecular formula is C22H45N3O2. The molecule has 1 aliphatic heterocycles. The molecule has 27 heavy (non-hydrogen) atoms. The first-order valence-corrected chi connectivity index (χ1v) is 11.0. The minimum Gasteiger partial charge on any atom is -0.396 e. The van der Waals surface area contributed by atoms with Gasteiger partial charge >= 0.3 is 0 Å². The summed E-state index contributed by atoms with van der Waals surface area (Å²) in [7, 11) is 2.16. The van der Waals surface area contributed by atoms with E-state index in [-0.39, 0.29) is 12.3 Å². The van der Waals surface area contributed by atoms with E-state index in [1.165, 1.54) is 6.42 Å². The van der Waals surface area contributed by atoms with Gasteiger partial charge in [0, 0.05) is 32.8 Å². The highest BCUT2D eigenvalue weighted by Gasteiger charge is 2.37. The van der Waals surface area contributed by atoms with E-state index in [9.17, 15) is 0 Å². The Labute approximate surface area is 168 Å². The Morgan fingerprint density at radius 3 is 2.89 bits per heavy atom. The van der Waals surface area contributed by atoms with E-state index in [2.05, 4.69) is 62.0 Å². The Morgan fingerprint density at radius 2 is 2.19 bits per heavy atom. The predicted octanol–water partition coefficient (Wildman–Crippen LogP) is 2.96. The molecule has 5 nitrogen and oxygen atoms in total. The number of aliphatic hydroxyl groups is 1. The van der Waals surface area contributed by atoms with Gasteiger partial charge in [-0.25, -0.2) is 0 Å². The summed E-state index contributed by atoms with van der Waals surface area (Å²) in [6, 6.07) is 0. The third kappa shape index (κ3) is 9.05. The summed E-state index contributed by atoms with van der Waals surface area (Å²) in [5.74, 6) is 1.07. The Bertz CT molecular complexity index is 405. The lowest BCUT2D eigenvalue weighted by molar-refractivity contribution is -0.0110. The third-order valence-electron chi connectivity index (χ3n) is 5.97. The fourth-order valence-electron chi connectivity index (χ4n) is 3.88. The zero-order valence-electron chi connectivity index (χ0n) is 18.5. The highest BCUT2D eigenvalue weighted by Crippen LogP contribution is 2.27. The first kappa shape index (κ1) is 24.6. The van der Waals surface area contributed by atoms with Crippen molar-refractivity contribution in [3.63, 3.8) is 0 Å². The number of aliphatic hydroxyl groups excluding tert-OH is 1. The van der Waals surface area contributed by atoms with E-state index < -0.39 is 0 Å². The minimum atomic E-state index is -0.0334. The Kier molecular flexibility index (Phi) is 12.4. The second kappa shape index (κ2) is 13.7. The first-order chi connectivity index (χ1) is 12.9. The summed E-state index contributed by atoms with van der Waals surface area (Å²) in [6.45, 7) is 16.1. The third-order valence-corrected chi connectivity index (χ3v) is 5.97. The van der Waals surface area contributed by atoms with Gasteiger partial charge in [-0.15, -0.1) is 0 Å². The molecule has 3 atom stereocenters. The molecule has 0 saturated carbocycles. The molecule has 5 heteroatoms. The van der Waals surface area contributed by atoms with Crippen LogP contribution in [0.1, 0.15) is 53.4 Å². The van der Waals surface area contributed by atoms with Crippen LogP contribution in [-0.2, 0) is 4.74 Å². The summed E-state index contributed by atoms with van der Waals surface area (Å²) in [5.41, 5.74) is -0.0334. The number of allylic oxidation sites excluding steroid dienone is 1. The fraction of sp³-hybridized carbons (Fsp3) is 0.909. The van der Waals surface area contributed by atoms with Crippen LogP contribution in [0.4, 0.5) is 0 Å². The Morgan fingerprint density at radius 1 is 1.41 bits per heavy atom. The topological polar surface area (TPSA) is 48.0 Å². The van der Waals surface area contributed by atoms with E-state index in [1.807, 2.05) is 0 Å². The average molecular weight is 384 g/mol. The monoisotopic (exact) mass is 383 g/mol. The highest BCUT2D eigenvalue weighted by atomic mass is 16.5. The van der Waals surface area contributed by atoms with Crippen molar-refractivity contribution in [2.75, 3.05) is 59.6 Å². The smallest absolute Gasteiger partial charge is 0.0711 e. The lowest BCUT2D eigenvalue weighted by Crippen LogP contribution is -2.62. The molecule has 0 spiro atoms. The molecule has 0 radical (unpaired) electrons.